The number of carbonyl (C=O) groups excluding carboxylic acids is 1. The Morgan fingerprint density at radius 3 is 1.44 bits per heavy atom. The van der Waals surface area contributed by atoms with E-state index in [1.165, 1.54) is 75.6 Å². The maximum atomic E-state index is 11.1. The van der Waals surface area contributed by atoms with E-state index >= 15 is 0 Å². The first-order valence-corrected chi connectivity index (χ1v) is 11.2. The Bertz CT molecular complexity index is 649. The number of carbonyl (C=O) groups is 4. The van der Waals surface area contributed by atoms with Crippen LogP contribution in [0.2, 0.25) is 0 Å². The molecule has 0 heterocycles. The van der Waals surface area contributed by atoms with E-state index in [1.807, 2.05) is 0 Å². The van der Waals surface area contributed by atoms with Gasteiger partial charge < -0.3 is 20.1 Å². The molecule has 0 aliphatic heterocycles. The highest BCUT2D eigenvalue weighted by Gasteiger charge is 2.06. The van der Waals surface area contributed by atoms with Gasteiger partial charge in [0.25, 0.3) is 0 Å². The molecule has 0 amide bonds. The van der Waals surface area contributed by atoms with Gasteiger partial charge in [-0.25, -0.2) is 9.59 Å². The van der Waals surface area contributed by atoms with Crippen LogP contribution in [0.1, 0.15) is 105 Å². The summed E-state index contributed by atoms with van der Waals surface area (Å²) in [7, 11) is 0. The highest BCUT2D eigenvalue weighted by molar-refractivity contribution is 5.91. The van der Waals surface area contributed by atoms with Crippen LogP contribution >= 0.6 is 0 Å². The fraction of sp³-hybridized carbons (Fsp3) is 0.583. The number of aliphatic carboxylic acids is 1. The topological polar surface area (TPSA) is 138 Å². The summed E-state index contributed by atoms with van der Waals surface area (Å²) in [4.78, 5) is 42.0. The van der Waals surface area contributed by atoms with Crippen molar-refractivity contribution in [3.05, 3.63) is 35.4 Å². The van der Waals surface area contributed by atoms with Crippen molar-refractivity contribution in [2.45, 2.75) is 84.0 Å². The minimum atomic E-state index is -1.06. The molecular weight excluding hydrogens is 416 g/mol. The highest BCUT2D eigenvalue weighted by atomic mass is 16.5. The second-order valence-electron chi connectivity index (χ2n) is 7.48. The van der Waals surface area contributed by atoms with Gasteiger partial charge in [-0.15, -0.1) is 0 Å². The zero-order valence-corrected chi connectivity index (χ0v) is 18.9. The molecule has 1 aromatic rings. The van der Waals surface area contributed by atoms with Gasteiger partial charge in [-0.3, -0.25) is 9.59 Å². The van der Waals surface area contributed by atoms with E-state index in [2.05, 4.69) is 6.92 Å². The number of carboxylic acid groups (broad SMARTS) is 3. The molecule has 0 spiro atoms. The number of carboxylic acids is 3. The summed E-state index contributed by atoms with van der Waals surface area (Å²) >= 11 is 0. The summed E-state index contributed by atoms with van der Waals surface area (Å²) in [5.74, 6) is -3.48. The van der Waals surface area contributed by atoms with Gasteiger partial charge >= 0.3 is 23.9 Å². The third kappa shape index (κ3) is 16.8. The van der Waals surface area contributed by atoms with Crippen molar-refractivity contribution >= 4 is 23.9 Å². The lowest BCUT2D eigenvalue weighted by Crippen LogP contribution is -2.08. The van der Waals surface area contributed by atoms with Crippen LogP contribution in [-0.2, 0) is 14.3 Å². The fourth-order valence-electron chi connectivity index (χ4n) is 2.81. The van der Waals surface area contributed by atoms with E-state index < -0.39 is 23.9 Å². The third-order valence-electron chi connectivity index (χ3n) is 4.68. The Morgan fingerprint density at radius 2 is 1.06 bits per heavy atom. The molecule has 3 N–H and O–H groups in total. The van der Waals surface area contributed by atoms with E-state index in [-0.39, 0.29) is 24.0 Å². The van der Waals surface area contributed by atoms with Crippen molar-refractivity contribution in [3.63, 3.8) is 0 Å². The molecule has 0 radical (unpaired) electrons. The second-order valence-corrected chi connectivity index (χ2v) is 7.48. The van der Waals surface area contributed by atoms with Gasteiger partial charge in [0.05, 0.1) is 30.6 Å². The Hall–Kier alpha value is -2.90. The Kier molecular flexibility index (Phi) is 17.1. The number of ether oxygens (including phenoxy) is 1. The predicted octanol–water partition coefficient (Wildman–Crippen LogP) is 5.40. The molecule has 0 saturated heterocycles. The van der Waals surface area contributed by atoms with E-state index in [4.69, 9.17) is 20.1 Å². The van der Waals surface area contributed by atoms with Crippen LogP contribution in [0.25, 0.3) is 0 Å². The number of esters is 1. The van der Waals surface area contributed by atoms with Crippen molar-refractivity contribution in [3.8, 4) is 0 Å². The van der Waals surface area contributed by atoms with Gasteiger partial charge in [-0.1, -0.05) is 64.7 Å². The molecule has 0 atom stereocenters. The van der Waals surface area contributed by atoms with E-state index in [9.17, 15) is 19.2 Å². The maximum Gasteiger partial charge on any atom is 0.335 e. The van der Waals surface area contributed by atoms with E-state index in [1.54, 1.807) is 0 Å². The summed E-state index contributed by atoms with van der Waals surface area (Å²) in [5.41, 5.74) is 0.167. The van der Waals surface area contributed by atoms with E-state index in [0.29, 0.717) is 6.61 Å². The first-order valence-electron chi connectivity index (χ1n) is 11.2. The SMILES string of the molecule is CCCCCCCCCCCCOC(=O)CCC(=O)O.O=C(O)c1ccc(C(=O)O)cc1. The highest BCUT2D eigenvalue weighted by Crippen LogP contribution is 2.10. The number of aromatic carboxylic acids is 2. The van der Waals surface area contributed by atoms with Crippen molar-refractivity contribution in [1.82, 2.24) is 0 Å². The normalized spacial score (nSPS) is 10.0. The third-order valence-corrected chi connectivity index (χ3v) is 4.68. The monoisotopic (exact) mass is 452 g/mol. The maximum absolute atomic E-state index is 11.1. The molecule has 0 unspecified atom stereocenters. The zero-order valence-electron chi connectivity index (χ0n) is 18.9. The quantitative estimate of drug-likeness (QED) is 0.224. The molecule has 8 nitrogen and oxygen atoms in total. The minimum Gasteiger partial charge on any atom is -0.481 e. The number of rotatable bonds is 16. The molecule has 1 rings (SSSR count). The van der Waals surface area contributed by atoms with Gasteiger partial charge in [0.2, 0.25) is 0 Å². The van der Waals surface area contributed by atoms with Gasteiger partial charge in [0, 0.05) is 0 Å². The first kappa shape index (κ1) is 29.1. The Morgan fingerprint density at radius 1 is 0.656 bits per heavy atom. The van der Waals surface area contributed by atoms with Crippen molar-refractivity contribution in [2.75, 3.05) is 6.61 Å². The van der Waals surface area contributed by atoms with Crippen LogP contribution < -0.4 is 0 Å². The molecule has 0 saturated carbocycles. The van der Waals surface area contributed by atoms with Gasteiger partial charge in [0.15, 0.2) is 0 Å². The van der Waals surface area contributed by atoms with Crippen molar-refractivity contribution in [1.29, 1.82) is 0 Å². The van der Waals surface area contributed by atoms with Gasteiger partial charge in [-0.2, -0.15) is 0 Å². The first-order chi connectivity index (χ1) is 15.3. The number of hydrogen-bond acceptors (Lipinski definition) is 5. The fourth-order valence-corrected chi connectivity index (χ4v) is 2.81. The number of unbranched alkanes of at least 4 members (excludes halogenated alkanes) is 9. The molecule has 180 valence electrons. The molecule has 1 aromatic carbocycles. The number of benzene rings is 1. The summed E-state index contributed by atoms with van der Waals surface area (Å²) in [6.07, 6.45) is 12.3. The Labute approximate surface area is 189 Å². The number of hydrogen-bond donors (Lipinski definition) is 3. The van der Waals surface area contributed by atoms with Crippen LogP contribution in [0, 0.1) is 0 Å². The van der Waals surface area contributed by atoms with Crippen LogP contribution in [0.5, 0.6) is 0 Å². The smallest absolute Gasteiger partial charge is 0.335 e. The minimum absolute atomic E-state index is 0.0207. The molecule has 0 aliphatic rings. The standard InChI is InChI=1S/C16H30O4.C8H6O4/c1-2-3-4-5-6-7-8-9-10-11-14-20-16(19)13-12-15(17)18;9-7(10)5-1-2-6(4-3-5)8(11)12/h2-14H2,1H3,(H,17,18);1-4H,(H,9,10)(H,11,12). The van der Waals surface area contributed by atoms with Crippen LogP contribution in [0.3, 0.4) is 0 Å². The lowest BCUT2D eigenvalue weighted by Gasteiger charge is -2.04. The molecule has 32 heavy (non-hydrogen) atoms. The molecule has 0 fully saturated rings. The molecule has 0 bridgehead atoms. The molecule has 0 aliphatic carbocycles. The largest absolute Gasteiger partial charge is 0.481 e. The predicted molar refractivity (Wildman–Crippen MR) is 120 cm³/mol. The summed E-state index contributed by atoms with van der Waals surface area (Å²) < 4.78 is 4.96. The van der Waals surface area contributed by atoms with Gasteiger partial charge in [-0.05, 0) is 30.7 Å². The average molecular weight is 453 g/mol. The molecular formula is C24H36O8. The van der Waals surface area contributed by atoms with Crippen LogP contribution in [0.15, 0.2) is 24.3 Å². The van der Waals surface area contributed by atoms with Gasteiger partial charge in [0.1, 0.15) is 0 Å². The lowest BCUT2D eigenvalue weighted by molar-refractivity contribution is -0.147. The van der Waals surface area contributed by atoms with Crippen LogP contribution in [-0.4, -0.2) is 45.8 Å². The molecule has 8 heteroatoms. The van der Waals surface area contributed by atoms with E-state index in [0.717, 1.165) is 12.8 Å². The zero-order chi connectivity index (χ0) is 24.2. The van der Waals surface area contributed by atoms with Crippen molar-refractivity contribution < 1.29 is 39.2 Å². The summed E-state index contributed by atoms with van der Waals surface area (Å²) in [5, 5.41) is 25.3. The Balaban J connectivity index is 0.000000677. The second kappa shape index (κ2) is 18.8. The lowest BCUT2D eigenvalue weighted by atomic mass is 10.1. The molecule has 0 aromatic heterocycles. The average Bonchev–Trinajstić information content (AvgIpc) is 2.76. The summed E-state index contributed by atoms with van der Waals surface area (Å²) in [6.45, 7) is 2.66. The van der Waals surface area contributed by atoms with Crippen molar-refractivity contribution in [2.24, 2.45) is 0 Å². The van der Waals surface area contributed by atoms with Crippen LogP contribution in [0.4, 0.5) is 0 Å². The summed E-state index contributed by atoms with van der Waals surface area (Å²) in [6, 6.07) is 5.02.